The molecular weight excluding hydrogens is 366 g/mol. The van der Waals surface area contributed by atoms with Crippen molar-refractivity contribution in [1.82, 2.24) is 10.0 Å². The predicted molar refractivity (Wildman–Crippen MR) is 104 cm³/mol. The normalized spacial score (nSPS) is 10.9. The number of nitrogens with one attached hydrogen (secondary N) is 3. The van der Waals surface area contributed by atoms with Crippen molar-refractivity contribution in [3.05, 3.63) is 59.7 Å². The Kier molecular flexibility index (Phi) is 6.95. The summed E-state index contributed by atoms with van der Waals surface area (Å²) in [6.45, 7) is 4.21. The number of amides is 3. The Morgan fingerprint density at radius 3 is 2.30 bits per heavy atom. The van der Waals surface area contributed by atoms with E-state index in [4.69, 9.17) is 0 Å². The van der Waals surface area contributed by atoms with Crippen LogP contribution in [-0.2, 0) is 10.0 Å². The Morgan fingerprint density at radius 1 is 1.00 bits per heavy atom. The minimum absolute atomic E-state index is 0.0676. The number of anilines is 1. The number of sulfonamides is 1. The van der Waals surface area contributed by atoms with Crippen LogP contribution in [0.5, 0.6) is 0 Å². The molecule has 0 aliphatic heterocycles. The third-order valence-electron chi connectivity index (χ3n) is 3.86. The van der Waals surface area contributed by atoms with Gasteiger partial charge in [-0.1, -0.05) is 31.5 Å². The van der Waals surface area contributed by atoms with Crippen molar-refractivity contribution >= 4 is 27.6 Å². The highest BCUT2D eigenvalue weighted by Gasteiger charge is 2.17. The molecule has 0 heterocycles. The van der Waals surface area contributed by atoms with Crippen LogP contribution in [0.15, 0.2) is 53.4 Å². The van der Waals surface area contributed by atoms with Gasteiger partial charge in [-0.15, -0.1) is 0 Å². The highest BCUT2D eigenvalue weighted by molar-refractivity contribution is 7.90. The molecule has 0 atom stereocenters. The molecule has 0 unspecified atom stereocenters. The fourth-order valence-corrected chi connectivity index (χ4v) is 3.27. The zero-order valence-corrected chi connectivity index (χ0v) is 16.1. The van der Waals surface area contributed by atoms with Gasteiger partial charge in [0, 0.05) is 17.8 Å². The lowest BCUT2D eigenvalue weighted by Crippen LogP contribution is -2.39. The predicted octanol–water partition coefficient (Wildman–Crippen LogP) is 3.04. The number of benzene rings is 2. The summed E-state index contributed by atoms with van der Waals surface area (Å²) < 4.78 is 26.4. The van der Waals surface area contributed by atoms with Gasteiger partial charge in [0.15, 0.2) is 0 Å². The lowest BCUT2D eigenvalue weighted by molar-refractivity contribution is 0.102. The molecule has 3 N–H and O–H groups in total. The average molecular weight is 389 g/mol. The molecule has 2 aromatic carbocycles. The van der Waals surface area contributed by atoms with Gasteiger partial charge in [0.2, 0.25) is 0 Å². The molecule has 0 aliphatic carbocycles. The summed E-state index contributed by atoms with van der Waals surface area (Å²) in [6.07, 6.45) is 1.66. The molecule has 27 heavy (non-hydrogen) atoms. The number of hydrogen-bond donors (Lipinski definition) is 3. The van der Waals surface area contributed by atoms with Crippen molar-refractivity contribution < 1.29 is 18.0 Å². The van der Waals surface area contributed by atoms with Gasteiger partial charge in [-0.3, -0.25) is 4.79 Å². The van der Waals surface area contributed by atoms with Gasteiger partial charge >= 0.3 is 6.03 Å². The number of aryl methyl sites for hydroxylation is 1. The first kappa shape index (κ1) is 20.4. The molecule has 8 heteroatoms. The largest absolute Gasteiger partial charge is 0.337 e. The number of carbonyl (C=O) groups excluding carboxylic acids is 2. The van der Waals surface area contributed by atoms with Crippen LogP contribution in [0, 0.1) is 6.92 Å². The zero-order chi connectivity index (χ0) is 19.9. The molecule has 7 nitrogen and oxygen atoms in total. The Hall–Kier alpha value is -2.87. The number of carbonyl (C=O) groups is 2. The molecule has 0 saturated carbocycles. The molecule has 3 amide bonds. The summed E-state index contributed by atoms with van der Waals surface area (Å²) in [4.78, 5) is 23.9. The van der Waals surface area contributed by atoms with E-state index in [0.29, 0.717) is 17.8 Å². The van der Waals surface area contributed by atoms with Crippen molar-refractivity contribution in [2.45, 2.75) is 31.6 Å². The van der Waals surface area contributed by atoms with E-state index in [1.165, 1.54) is 24.3 Å². The molecule has 0 bridgehead atoms. The maximum Gasteiger partial charge on any atom is 0.328 e. The lowest BCUT2D eigenvalue weighted by Gasteiger charge is -2.10. The fraction of sp³-hybridized carbons (Fsp3) is 0.263. The second-order valence-electron chi connectivity index (χ2n) is 6.01. The molecule has 0 aromatic heterocycles. The fourth-order valence-electron chi connectivity index (χ4n) is 2.34. The summed E-state index contributed by atoms with van der Waals surface area (Å²) in [5.41, 5.74) is 1.83. The monoisotopic (exact) mass is 389 g/mol. The van der Waals surface area contributed by atoms with Crippen LogP contribution < -0.4 is 15.4 Å². The molecule has 0 radical (unpaired) electrons. The van der Waals surface area contributed by atoms with Crippen molar-refractivity contribution in [1.29, 1.82) is 0 Å². The van der Waals surface area contributed by atoms with Gasteiger partial charge in [-0.2, -0.15) is 0 Å². The number of rotatable bonds is 7. The highest BCUT2D eigenvalue weighted by atomic mass is 32.2. The summed E-state index contributed by atoms with van der Waals surface area (Å²) in [7, 11) is -3.98. The van der Waals surface area contributed by atoms with E-state index >= 15 is 0 Å². The van der Waals surface area contributed by atoms with Crippen molar-refractivity contribution in [3.8, 4) is 0 Å². The molecule has 2 rings (SSSR count). The van der Waals surface area contributed by atoms with Crippen LogP contribution >= 0.6 is 0 Å². The Labute approximate surface area is 159 Å². The molecule has 0 spiro atoms. The molecule has 0 saturated heterocycles. The summed E-state index contributed by atoms with van der Waals surface area (Å²) in [5.74, 6) is -0.280. The van der Waals surface area contributed by atoms with E-state index in [1.54, 1.807) is 12.1 Å². The van der Waals surface area contributed by atoms with E-state index in [9.17, 15) is 18.0 Å². The van der Waals surface area contributed by atoms with E-state index in [1.807, 2.05) is 30.7 Å². The first-order valence-electron chi connectivity index (χ1n) is 8.61. The standard InChI is InChI=1S/C19H23N3O4S/c1-3-4-13-20-19(24)22-27(25,26)16-11-9-15(10-12-16)21-18(23)17-8-6-5-7-14(17)2/h5-12H,3-4,13H2,1-2H3,(H,21,23)(H2,20,22,24). The second-order valence-corrected chi connectivity index (χ2v) is 7.69. The van der Waals surface area contributed by atoms with Gasteiger partial charge < -0.3 is 10.6 Å². The number of unbranched alkanes of at least 4 members (excludes halogenated alkanes) is 1. The van der Waals surface area contributed by atoms with E-state index in [0.717, 1.165) is 18.4 Å². The van der Waals surface area contributed by atoms with Gasteiger partial charge in [-0.05, 0) is 49.2 Å². The first-order chi connectivity index (χ1) is 12.8. The Balaban J connectivity index is 2.02. The van der Waals surface area contributed by atoms with Crippen molar-refractivity contribution in [3.63, 3.8) is 0 Å². The van der Waals surface area contributed by atoms with E-state index in [2.05, 4.69) is 10.6 Å². The van der Waals surface area contributed by atoms with Crippen molar-refractivity contribution in [2.75, 3.05) is 11.9 Å². The SMILES string of the molecule is CCCCNC(=O)NS(=O)(=O)c1ccc(NC(=O)c2ccccc2C)cc1. The highest BCUT2D eigenvalue weighted by Crippen LogP contribution is 2.16. The van der Waals surface area contributed by atoms with Gasteiger partial charge in [-0.25, -0.2) is 17.9 Å². The summed E-state index contributed by atoms with van der Waals surface area (Å²) >= 11 is 0. The third kappa shape index (κ3) is 5.82. The Bertz CT molecular complexity index is 909. The van der Waals surface area contributed by atoms with E-state index in [-0.39, 0.29) is 10.8 Å². The molecule has 2 aromatic rings. The second kappa shape index (κ2) is 9.18. The van der Waals surface area contributed by atoms with Crippen LogP contribution in [0.4, 0.5) is 10.5 Å². The molecular formula is C19H23N3O4S. The number of hydrogen-bond acceptors (Lipinski definition) is 4. The van der Waals surface area contributed by atoms with Crippen LogP contribution in [0.1, 0.15) is 35.7 Å². The average Bonchev–Trinajstić information content (AvgIpc) is 2.62. The van der Waals surface area contributed by atoms with Gasteiger partial charge in [0.05, 0.1) is 4.90 Å². The van der Waals surface area contributed by atoms with Crippen LogP contribution in [0.25, 0.3) is 0 Å². The summed E-state index contributed by atoms with van der Waals surface area (Å²) in [5, 5.41) is 5.20. The summed E-state index contributed by atoms with van der Waals surface area (Å²) in [6, 6.07) is 12.0. The first-order valence-corrected chi connectivity index (χ1v) is 10.1. The molecule has 0 aliphatic rings. The van der Waals surface area contributed by atoms with E-state index < -0.39 is 16.1 Å². The Morgan fingerprint density at radius 2 is 1.67 bits per heavy atom. The van der Waals surface area contributed by atoms with Crippen LogP contribution in [0.3, 0.4) is 0 Å². The quantitative estimate of drug-likeness (QED) is 0.633. The zero-order valence-electron chi connectivity index (χ0n) is 15.3. The van der Waals surface area contributed by atoms with Gasteiger partial charge in [0.1, 0.15) is 0 Å². The topological polar surface area (TPSA) is 104 Å². The molecule has 144 valence electrons. The smallest absolute Gasteiger partial charge is 0.328 e. The maximum absolute atomic E-state index is 12.3. The number of urea groups is 1. The van der Waals surface area contributed by atoms with Crippen LogP contribution in [-0.4, -0.2) is 26.9 Å². The molecule has 0 fully saturated rings. The van der Waals surface area contributed by atoms with Gasteiger partial charge in [0.25, 0.3) is 15.9 Å². The van der Waals surface area contributed by atoms with Crippen LogP contribution in [0.2, 0.25) is 0 Å². The minimum Gasteiger partial charge on any atom is -0.337 e. The minimum atomic E-state index is -3.98. The lowest BCUT2D eigenvalue weighted by atomic mass is 10.1. The maximum atomic E-state index is 12.3. The van der Waals surface area contributed by atoms with Crippen molar-refractivity contribution in [2.24, 2.45) is 0 Å². The third-order valence-corrected chi connectivity index (χ3v) is 5.20.